The van der Waals surface area contributed by atoms with Crippen LogP contribution < -0.4 is 20.7 Å². The Labute approximate surface area is 571 Å². The van der Waals surface area contributed by atoms with Crippen molar-refractivity contribution in [3.05, 3.63) is 128 Å². The van der Waals surface area contributed by atoms with Gasteiger partial charge in [0.25, 0.3) is 14.1 Å². The number of hydrogen-bond acceptors (Lipinski definition) is 11. The number of benzene rings is 3. The average Bonchev–Trinajstić information content (AvgIpc) is 1.04. The van der Waals surface area contributed by atoms with Gasteiger partial charge in [-0.3, -0.25) is 14.3 Å². The summed E-state index contributed by atoms with van der Waals surface area (Å²) in [4.78, 5) is 31.7. The molecule has 0 N–H and O–H groups in total. The Morgan fingerprint density at radius 1 is 0.596 bits per heavy atom. The Balaban J connectivity index is 1.32. The number of unbranched alkanes of at least 4 members (excludes halogenated alkanes) is 30. The first kappa shape index (κ1) is 79.9. The van der Waals surface area contributed by atoms with Crippen LogP contribution in [0.2, 0.25) is 0 Å². The minimum absolute atomic E-state index is 0.0257. The predicted molar refractivity (Wildman–Crippen MR) is 390 cm³/mol. The van der Waals surface area contributed by atoms with Gasteiger partial charge in [0, 0.05) is 30.3 Å². The molecule has 524 valence electrons. The number of nitrogens with zero attached hydrogens (tertiary/aromatic N) is 5. The molecule has 1 fully saturated rings. The van der Waals surface area contributed by atoms with Gasteiger partial charge in [-0.1, -0.05) is 273 Å². The van der Waals surface area contributed by atoms with E-state index >= 15 is 4.79 Å². The number of nitriles is 1. The molecule has 2 heterocycles. The van der Waals surface area contributed by atoms with Crippen LogP contribution >= 0.6 is 8.53 Å². The summed E-state index contributed by atoms with van der Waals surface area (Å²) in [6.07, 6.45) is 42.9. The summed E-state index contributed by atoms with van der Waals surface area (Å²) in [5.41, 5.74) is 0.974. The van der Waals surface area contributed by atoms with Crippen LogP contribution in [0.15, 0.2) is 94.6 Å². The third-order valence-corrected chi connectivity index (χ3v) is 20.8. The average molecular weight is 1320 g/mol. The van der Waals surface area contributed by atoms with E-state index in [1.54, 1.807) is 27.3 Å². The van der Waals surface area contributed by atoms with Crippen molar-refractivity contribution in [1.29, 1.82) is 5.26 Å². The lowest BCUT2D eigenvalue weighted by Gasteiger charge is -2.37. The zero-order valence-electron chi connectivity index (χ0n) is 60.2. The predicted octanol–water partition coefficient (Wildman–Crippen LogP) is 20.1. The van der Waals surface area contributed by atoms with Crippen molar-refractivity contribution in [3.8, 4) is 29.4 Å². The van der Waals surface area contributed by atoms with Crippen LogP contribution in [0.5, 0.6) is 11.5 Å². The number of aromatic nitrogens is 2. The van der Waals surface area contributed by atoms with Crippen molar-refractivity contribution >= 4 is 8.53 Å². The summed E-state index contributed by atoms with van der Waals surface area (Å²) in [7, 11) is 1.54. The molecule has 1 aromatic heterocycles. The molecule has 0 spiro atoms. The summed E-state index contributed by atoms with van der Waals surface area (Å²) in [6, 6.07) is 28.2. The zero-order chi connectivity index (χ0) is 67.4. The second-order valence-electron chi connectivity index (χ2n) is 27.0. The maximum Gasteiger partial charge on any atom is 0.334 e. The topological polar surface area (TPSA) is 130 Å². The molecule has 3 aromatic carbocycles. The summed E-state index contributed by atoms with van der Waals surface area (Å²) >= 11 is 0. The van der Waals surface area contributed by atoms with E-state index in [0.717, 1.165) is 42.6 Å². The Kier molecular flexibility index (Phi) is 40.8. The van der Waals surface area contributed by atoms with Crippen molar-refractivity contribution in [3.63, 3.8) is 0 Å². The molecule has 0 aliphatic carbocycles. The molecule has 1 saturated heterocycles. The highest BCUT2D eigenvalue weighted by Crippen LogP contribution is 2.51. The Morgan fingerprint density at radius 3 is 1.44 bits per heavy atom. The van der Waals surface area contributed by atoms with E-state index < -0.39 is 38.3 Å². The highest BCUT2D eigenvalue weighted by atomic mass is 31.2. The number of rotatable bonds is 53. The van der Waals surface area contributed by atoms with Gasteiger partial charge in [0.15, 0.2) is 6.23 Å². The normalized spacial score (nSPS) is 15.3. The maximum absolute atomic E-state index is 15.1. The molecule has 1 aliphatic heterocycles. The second-order valence-corrected chi connectivity index (χ2v) is 28.4. The molecule has 94 heavy (non-hydrogen) atoms. The van der Waals surface area contributed by atoms with Gasteiger partial charge in [0.1, 0.15) is 23.2 Å². The fourth-order valence-corrected chi connectivity index (χ4v) is 15.0. The Hall–Kier alpha value is -4.82. The molecule has 0 amide bonds. The maximum atomic E-state index is 15.1. The minimum Gasteiger partial charge on any atom is -0.497 e. The molecule has 1 aliphatic rings. The quantitative estimate of drug-likeness (QED) is 0.0181. The summed E-state index contributed by atoms with van der Waals surface area (Å²) in [5.74, 6) is 8.14. The lowest BCUT2D eigenvalue weighted by molar-refractivity contribution is -0.0866. The van der Waals surface area contributed by atoms with Crippen molar-refractivity contribution in [1.82, 2.24) is 18.7 Å². The van der Waals surface area contributed by atoms with Crippen molar-refractivity contribution in [2.45, 2.75) is 309 Å². The monoisotopic (exact) mass is 1320 g/mol. The van der Waals surface area contributed by atoms with Crippen LogP contribution in [0.4, 0.5) is 0 Å². The van der Waals surface area contributed by atoms with E-state index in [4.69, 9.17) is 28.0 Å². The van der Waals surface area contributed by atoms with Crippen LogP contribution in [-0.2, 0) is 30.7 Å². The Morgan fingerprint density at radius 2 is 1.02 bits per heavy atom. The van der Waals surface area contributed by atoms with E-state index in [2.05, 4.69) is 81.2 Å². The van der Waals surface area contributed by atoms with Crippen LogP contribution in [0.3, 0.4) is 0 Å². The molecule has 4 atom stereocenters. The first-order valence-electron chi connectivity index (χ1n) is 37.3. The van der Waals surface area contributed by atoms with Gasteiger partial charge in [-0.15, -0.1) is 0 Å². The van der Waals surface area contributed by atoms with Gasteiger partial charge in [0.05, 0.1) is 59.1 Å². The van der Waals surface area contributed by atoms with Crippen LogP contribution in [0, 0.1) is 30.1 Å². The SMILES string of the molecule is CCCCCCCCCCCCCCCCCCN(CC#CCn1c(=O)c(C)cn([C@@H]2O[C@H](COC(c3ccccc3)(c3ccc(OC)cc3)c3ccc(OC)cc3)CC2OP(OCCC#N)N(C(C)C)C(C)C)c1=O)CCCCCCCCCCCCCCCCCC. The van der Waals surface area contributed by atoms with Gasteiger partial charge in [-0.25, -0.2) is 14.0 Å². The van der Waals surface area contributed by atoms with Crippen molar-refractivity contribution < 1.29 is 28.0 Å². The van der Waals surface area contributed by atoms with Gasteiger partial charge in [-0.2, -0.15) is 5.26 Å². The lowest BCUT2D eigenvalue weighted by Crippen LogP contribution is -2.44. The molecule has 5 rings (SSSR count). The van der Waals surface area contributed by atoms with Gasteiger partial charge >= 0.3 is 5.69 Å². The molecule has 13 nitrogen and oxygen atoms in total. The van der Waals surface area contributed by atoms with Crippen molar-refractivity contribution in [2.24, 2.45) is 0 Å². The first-order valence-corrected chi connectivity index (χ1v) is 38.4. The molecule has 0 bridgehead atoms. The lowest BCUT2D eigenvalue weighted by atomic mass is 9.80. The van der Waals surface area contributed by atoms with E-state index in [9.17, 15) is 10.1 Å². The standard InChI is InChI=1S/C80H126N5O8P/c1-10-12-14-16-18-20-22-24-26-28-30-32-34-36-38-43-59-82(60-44-39-37-35-33-31-29-27-25-23-21-19-17-15-13-11-2)61-45-46-62-83-77(86)69(7)65-84(79(83)87)78-76(93-94(91-63-47-58-81)85(67(3)4)68(5)6)64-75(92-78)66-90-80(70-48-41-40-42-49-70,71-50-54-73(88-8)55-51-71)72-52-56-74(89-9)57-53-72/h40-42,48-57,65,67-68,75-76,78H,10-39,43-44,47,59-64,66H2,1-9H3/t75-,76?,78+,94?/m0/s1. The van der Waals surface area contributed by atoms with Gasteiger partial charge < -0.3 is 28.0 Å². The molecular weight excluding hydrogens is 1190 g/mol. The third kappa shape index (κ3) is 28.3. The molecular formula is C80H126N5O8P. The molecule has 14 heteroatoms. The van der Waals surface area contributed by atoms with E-state index in [0.29, 0.717) is 30.0 Å². The molecule has 4 aromatic rings. The minimum atomic E-state index is -1.76. The largest absolute Gasteiger partial charge is 0.497 e. The fraction of sp³-hybridized carbons (Fsp3) is 0.688. The van der Waals surface area contributed by atoms with E-state index in [1.807, 2.05) is 66.7 Å². The second kappa shape index (κ2) is 48.0. The smallest absolute Gasteiger partial charge is 0.334 e. The number of aryl methyl sites for hydroxylation is 1. The number of methoxy groups -OCH3 is 2. The molecule has 0 radical (unpaired) electrons. The first-order chi connectivity index (χ1) is 45.9. The molecule has 0 saturated carbocycles. The summed E-state index contributed by atoms with van der Waals surface area (Å²) in [5, 5.41) is 9.61. The van der Waals surface area contributed by atoms with Crippen LogP contribution in [0.25, 0.3) is 0 Å². The van der Waals surface area contributed by atoms with Crippen molar-refractivity contribution in [2.75, 3.05) is 47.1 Å². The zero-order valence-corrected chi connectivity index (χ0v) is 61.1. The number of ether oxygens (including phenoxy) is 4. The van der Waals surface area contributed by atoms with E-state index in [-0.39, 0.29) is 43.8 Å². The third-order valence-electron chi connectivity index (χ3n) is 18.7. The Bertz CT molecular complexity index is 2730. The fourth-order valence-electron chi connectivity index (χ4n) is 13.3. The summed E-state index contributed by atoms with van der Waals surface area (Å²) < 4.78 is 44.2. The highest BCUT2D eigenvalue weighted by Gasteiger charge is 2.45. The molecule has 2 unspecified atom stereocenters. The van der Waals surface area contributed by atoms with Crippen LogP contribution in [-0.4, -0.2) is 90.1 Å². The van der Waals surface area contributed by atoms with Gasteiger partial charge in [-0.05, 0) is 102 Å². The number of hydrogen-bond donors (Lipinski definition) is 0. The van der Waals surface area contributed by atoms with Crippen LogP contribution in [0.1, 0.15) is 288 Å². The van der Waals surface area contributed by atoms with E-state index in [1.165, 1.54) is 202 Å². The van der Waals surface area contributed by atoms with Gasteiger partial charge in [0.2, 0.25) is 0 Å². The summed E-state index contributed by atoms with van der Waals surface area (Å²) in [6.45, 7) is 17.5. The highest BCUT2D eigenvalue weighted by molar-refractivity contribution is 7.44.